The molecule has 0 aliphatic rings. The van der Waals surface area contributed by atoms with E-state index in [1.165, 1.54) is 20.3 Å². The summed E-state index contributed by atoms with van der Waals surface area (Å²) in [5.74, 6) is -0.227. The van der Waals surface area contributed by atoms with Crippen LogP contribution in [-0.4, -0.2) is 45.9 Å². The lowest BCUT2D eigenvalue weighted by molar-refractivity contribution is 0.0968. The largest absolute Gasteiger partial charge is 0.497 e. The van der Waals surface area contributed by atoms with Crippen LogP contribution in [0.25, 0.3) is 22.5 Å². The SMILES string of the molecule is CCCOc1cc(=O)n(CC(=O)c2ccc(OC)cc2)c(=O)n1Cc1ccc(-c2ccccc2-c2noc(OC)n2)cc1F. The lowest BCUT2D eigenvalue weighted by Crippen LogP contribution is -2.42. The summed E-state index contributed by atoms with van der Waals surface area (Å²) in [4.78, 5) is 43.7. The number of benzene rings is 3. The van der Waals surface area contributed by atoms with Crippen molar-refractivity contribution in [1.29, 1.82) is 0 Å². The van der Waals surface area contributed by atoms with Crippen LogP contribution in [0.3, 0.4) is 0 Å². The third-order valence-electron chi connectivity index (χ3n) is 6.85. The highest BCUT2D eigenvalue weighted by atomic mass is 19.1. The molecule has 0 atom stereocenters. The highest BCUT2D eigenvalue weighted by Crippen LogP contribution is 2.32. The number of carbonyl (C=O) groups excluding carboxylic acids is 1. The Morgan fingerprint density at radius 2 is 1.68 bits per heavy atom. The van der Waals surface area contributed by atoms with E-state index in [0.29, 0.717) is 34.4 Å². The van der Waals surface area contributed by atoms with E-state index < -0.39 is 29.4 Å². The summed E-state index contributed by atoms with van der Waals surface area (Å²) in [5, 5.41) is 3.93. The van der Waals surface area contributed by atoms with Crippen LogP contribution in [0.5, 0.6) is 17.7 Å². The molecule has 0 saturated heterocycles. The van der Waals surface area contributed by atoms with Crippen LogP contribution in [0.15, 0.2) is 86.9 Å². The fourth-order valence-electron chi connectivity index (χ4n) is 4.57. The molecule has 12 heteroatoms. The topological polar surface area (TPSA) is 128 Å². The Morgan fingerprint density at radius 3 is 2.34 bits per heavy atom. The Bertz CT molecular complexity index is 1910. The minimum Gasteiger partial charge on any atom is -0.497 e. The number of ketones is 1. The van der Waals surface area contributed by atoms with E-state index >= 15 is 4.39 Å². The summed E-state index contributed by atoms with van der Waals surface area (Å²) in [7, 11) is 2.91. The molecule has 0 aliphatic carbocycles. The summed E-state index contributed by atoms with van der Waals surface area (Å²) in [5.41, 5.74) is 0.757. The van der Waals surface area contributed by atoms with Gasteiger partial charge in [-0.15, -0.1) is 0 Å². The van der Waals surface area contributed by atoms with Crippen molar-refractivity contribution in [3.63, 3.8) is 0 Å². The number of carbonyl (C=O) groups is 1. The number of nitrogens with zero attached hydrogens (tertiary/aromatic N) is 4. The second-order valence-electron chi connectivity index (χ2n) is 9.72. The lowest BCUT2D eigenvalue weighted by atomic mass is 9.98. The third kappa shape index (κ3) is 6.28. The van der Waals surface area contributed by atoms with Crippen LogP contribution >= 0.6 is 0 Å². The molecule has 0 bridgehead atoms. The minimum absolute atomic E-state index is 0.00472. The van der Waals surface area contributed by atoms with Crippen LogP contribution in [0.1, 0.15) is 29.3 Å². The van der Waals surface area contributed by atoms with Gasteiger partial charge in [0, 0.05) is 16.7 Å². The number of methoxy groups -OCH3 is 2. The highest BCUT2D eigenvalue weighted by molar-refractivity contribution is 5.96. The summed E-state index contributed by atoms with van der Waals surface area (Å²) in [6.45, 7) is 1.35. The quantitative estimate of drug-likeness (QED) is 0.189. The zero-order valence-corrected chi connectivity index (χ0v) is 24.3. The predicted molar refractivity (Wildman–Crippen MR) is 159 cm³/mol. The Morgan fingerprint density at radius 1 is 0.932 bits per heavy atom. The van der Waals surface area contributed by atoms with E-state index in [9.17, 15) is 14.4 Å². The maximum atomic E-state index is 15.6. The summed E-state index contributed by atoms with van der Waals surface area (Å²) in [6.07, 6.45) is 0.608. The molecule has 0 radical (unpaired) electrons. The van der Waals surface area contributed by atoms with Gasteiger partial charge in [0.25, 0.3) is 5.56 Å². The first-order valence-electron chi connectivity index (χ1n) is 13.7. The number of hydrogen-bond acceptors (Lipinski definition) is 9. The maximum absolute atomic E-state index is 15.6. The number of halogens is 1. The first kappa shape index (κ1) is 30.0. The second kappa shape index (κ2) is 13.2. The summed E-state index contributed by atoms with van der Waals surface area (Å²) >= 11 is 0. The molecule has 0 fully saturated rings. The first-order valence-corrected chi connectivity index (χ1v) is 13.7. The Hall–Kier alpha value is -5.52. The molecule has 0 aliphatic heterocycles. The zero-order valence-electron chi connectivity index (χ0n) is 24.3. The van der Waals surface area contributed by atoms with E-state index in [1.54, 1.807) is 60.7 Å². The second-order valence-corrected chi connectivity index (χ2v) is 9.72. The Balaban J connectivity index is 1.48. The molecular weight excluding hydrogens is 571 g/mol. The van der Waals surface area contributed by atoms with E-state index in [4.69, 9.17) is 18.7 Å². The maximum Gasteiger partial charge on any atom is 0.417 e. The zero-order chi connectivity index (χ0) is 31.2. The van der Waals surface area contributed by atoms with Gasteiger partial charge in [0.15, 0.2) is 5.78 Å². The molecule has 5 aromatic rings. The van der Waals surface area contributed by atoms with Gasteiger partial charge in [-0.05, 0) is 47.9 Å². The third-order valence-corrected chi connectivity index (χ3v) is 6.85. The van der Waals surface area contributed by atoms with Crippen LogP contribution in [0, 0.1) is 5.82 Å². The predicted octanol–water partition coefficient (Wildman–Crippen LogP) is 4.60. The van der Waals surface area contributed by atoms with Crippen molar-refractivity contribution in [2.45, 2.75) is 26.4 Å². The van der Waals surface area contributed by atoms with Gasteiger partial charge >= 0.3 is 11.8 Å². The monoisotopic (exact) mass is 600 g/mol. The van der Waals surface area contributed by atoms with E-state index in [2.05, 4.69) is 10.1 Å². The van der Waals surface area contributed by atoms with Gasteiger partial charge in [-0.25, -0.2) is 9.18 Å². The molecule has 44 heavy (non-hydrogen) atoms. The number of Topliss-reactive ketones (excluding diaryl/α,β-unsaturated/α-hetero) is 1. The fourth-order valence-corrected chi connectivity index (χ4v) is 4.57. The van der Waals surface area contributed by atoms with Gasteiger partial charge in [-0.2, -0.15) is 4.98 Å². The molecule has 226 valence electrons. The highest BCUT2D eigenvalue weighted by Gasteiger charge is 2.19. The van der Waals surface area contributed by atoms with Gasteiger partial charge in [0.2, 0.25) is 11.7 Å². The molecule has 11 nitrogen and oxygen atoms in total. The average molecular weight is 601 g/mol. The molecule has 5 rings (SSSR count). The van der Waals surface area contributed by atoms with Gasteiger partial charge in [0.1, 0.15) is 11.6 Å². The van der Waals surface area contributed by atoms with E-state index in [0.717, 1.165) is 15.2 Å². The molecule has 0 spiro atoms. The van der Waals surface area contributed by atoms with Gasteiger partial charge in [-0.1, -0.05) is 48.5 Å². The molecule has 0 N–H and O–H groups in total. The first-order chi connectivity index (χ1) is 21.3. The molecule has 2 aromatic heterocycles. The van der Waals surface area contributed by atoms with Crippen molar-refractivity contribution in [2.24, 2.45) is 0 Å². The van der Waals surface area contributed by atoms with E-state index in [-0.39, 0.29) is 36.5 Å². The molecular formula is C32H29FN4O7. The van der Waals surface area contributed by atoms with Crippen molar-refractivity contribution in [3.8, 4) is 40.2 Å². The number of rotatable bonds is 12. The van der Waals surface area contributed by atoms with Gasteiger partial charge in [-0.3, -0.25) is 23.2 Å². The number of ether oxygens (including phenoxy) is 3. The molecule has 3 aromatic carbocycles. The molecule has 0 unspecified atom stereocenters. The van der Waals surface area contributed by atoms with Crippen LogP contribution in [-0.2, 0) is 13.1 Å². The fraction of sp³-hybridized carbons (Fsp3) is 0.219. The summed E-state index contributed by atoms with van der Waals surface area (Å²) in [6, 6.07) is 19.2. The lowest BCUT2D eigenvalue weighted by Gasteiger charge is -2.16. The van der Waals surface area contributed by atoms with Gasteiger partial charge < -0.3 is 14.2 Å². The van der Waals surface area contributed by atoms with E-state index in [1.807, 2.05) is 6.92 Å². The Labute approximate surface area is 251 Å². The standard InChI is InChI=1S/C32H29FN4O7/c1-4-15-43-29-17-28(39)36(19-27(38)20-11-13-23(41-2)14-12-20)32(40)37(29)18-22-10-9-21(16-26(22)33)24-7-5-6-8-25(24)30-34-31(42-3)44-35-30/h5-14,16-17H,4,15,18-19H2,1-3H3. The number of aromatic nitrogens is 4. The van der Waals surface area contributed by atoms with Crippen molar-refractivity contribution < 1.29 is 27.9 Å². The normalized spacial score (nSPS) is 10.9. The number of hydrogen-bond donors (Lipinski definition) is 0. The molecule has 2 heterocycles. The van der Waals surface area contributed by atoms with Crippen molar-refractivity contribution in [1.82, 2.24) is 19.3 Å². The van der Waals surface area contributed by atoms with Crippen molar-refractivity contribution in [2.75, 3.05) is 20.8 Å². The van der Waals surface area contributed by atoms with Gasteiger partial charge in [0.05, 0.1) is 40.0 Å². The van der Waals surface area contributed by atoms with Crippen LogP contribution in [0.4, 0.5) is 4.39 Å². The average Bonchev–Trinajstić information content (AvgIpc) is 3.53. The summed E-state index contributed by atoms with van der Waals surface area (Å²) < 4.78 is 38.4. The van der Waals surface area contributed by atoms with Crippen LogP contribution in [0.2, 0.25) is 0 Å². The van der Waals surface area contributed by atoms with Crippen LogP contribution < -0.4 is 25.5 Å². The van der Waals surface area contributed by atoms with Crippen molar-refractivity contribution >= 4 is 5.78 Å². The molecule has 0 saturated carbocycles. The Kier molecular flexibility index (Phi) is 8.98. The minimum atomic E-state index is -0.801. The molecule has 0 amide bonds. The smallest absolute Gasteiger partial charge is 0.417 e. The van der Waals surface area contributed by atoms with Crippen molar-refractivity contribution in [3.05, 3.63) is 111 Å².